The van der Waals surface area contributed by atoms with Crippen molar-refractivity contribution < 1.29 is 22.8 Å². The molecule has 1 aromatic carbocycles. The Morgan fingerprint density at radius 1 is 1.20 bits per heavy atom. The van der Waals surface area contributed by atoms with E-state index in [1.165, 1.54) is 29.8 Å². The molecule has 3 aromatic rings. The Labute approximate surface area is 235 Å². The molecular weight excluding hydrogens is 556 g/mol. The molecule has 2 fully saturated rings. The lowest BCUT2D eigenvalue weighted by Crippen LogP contribution is -2.52. The van der Waals surface area contributed by atoms with Gasteiger partial charge in [0.05, 0.1) is 10.1 Å². The molecule has 1 aliphatic heterocycles. The van der Waals surface area contributed by atoms with Crippen molar-refractivity contribution in [3.63, 3.8) is 0 Å². The molecule has 2 aromatic heterocycles. The van der Waals surface area contributed by atoms with Gasteiger partial charge in [-0.25, -0.2) is 18.4 Å². The number of nitrogens with one attached hydrogen (secondary N) is 2. The highest BCUT2D eigenvalue weighted by atomic mass is 32.2. The predicted octanol–water partition coefficient (Wildman–Crippen LogP) is 1.81. The maximum atomic E-state index is 13.3. The van der Waals surface area contributed by atoms with Gasteiger partial charge in [-0.05, 0) is 31.9 Å². The molecule has 1 atom stereocenters. The first-order valence-corrected chi connectivity index (χ1v) is 15.2. The number of oxime groups is 1. The Bertz CT molecular complexity index is 1480. The third-order valence-electron chi connectivity index (χ3n) is 6.73. The van der Waals surface area contributed by atoms with E-state index in [0.717, 1.165) is 18.0 Å². The minimum Gasteiger partial charge on any atom is -0.387 e. The number of rotatable bonds is 10. The minimum atomic E-state index is -3.37. The topological polar surface area (TPSA) is 163 Å². The average molecular weight is 587 g/mol. The first-order valence-electron chi connectivity index (χ1n) is 12.8. The van der Waals surface area contributed by atoms with Gasteiger partial charge < -0.3 is 9.74 Å². The molecule has 0 spiro atoms. The van der Waals surface area contributed by atoms with Crippen molar-refractivity contribution in [2.24, 2.45) is 5.16 Å². The van der Waals surface area contributed by atoms with Gasteiger partial charge in [-0.2, -0.15) is 5.10 Å². The fourth-order valence-corrected chi connectivity index (χ4v) is 7.02. The highest BCUT2D eigenvalue weighted by Crippen LogP contribution is 2.33. The van der Waals surface area contributed by atoms with Crippen LogP contribution in [0.1, 0.15) is 43.0 Å². The van der Waals surface area contributed by atoms with Crippen molar-refractivity contribution in [3.8, 4) is 0 Å². The molecule has 3 heterocycles. The van der Waals surface area contributed by atoms with Gasteiger partial charge in [0.2, 0.25) is 5.91 Å². The van der Waals surface area contributed by atoms with Crippen LogP contribution < -0.4 is 5.32 Å². The number of hydrogen-bond donors (Lipinski definition) is 2. The summed E-state index contributed by atoms with van der Waals surface area (Å²) in [6, 6.07) is 6.17. The molecule has 212 valence electrons. The van der Waals surface area contributed by atoms with E-state index in [0.29, 0.717) is 42.5 Å². The van der Waals surface area contributed by atoms with Crippen LogP contribution in [-0.2, 0) is 37.4 Å². The molecule has 1 aliphatic carbocycles. The van der Waals surface area contributed by atoms with Crippen molar-refractivity contribution in [1.82, 2.24) is 30.0 Å². The second-order valence-corrected chi connectivity index (χ2v) is 13.1. The number of nitrogens with zero attached hydrogens (tertiary/aromatic N) is 6. The third kappa shape index (κ3) is 6.54. The quantitative estimate of drug-likeness (QED) is 0.266. The average Bonchev–Trinajstić information content (AvgIpc) is 3.51. The number of anilines is 1. The van der Waals surface area contributed by atoms with Gasteiger partial charge in [0.15, 0.2) is 33.1 Å². The van der Waals surface area contributed by atoms with Crippen molar-refractivity contribution in [2.75, 3.05) is 25.0 Å². The summed E-state index contributed by atoms with van der Waals surface area (Å²) in [5, 5.41) is 13.3. The molecular formula is C25H30N8O5S2. The molecule has 1 saturated carbocycles. The van der Waals surface area contributed by atoms with Crippen molar-refractivity contribution in [1.29, 1.82) is 0 Å². The summed E-state index contributed by atoms with van der Waals surface area (Å²) in [4.78, 5) is 44.0. The largest absolute Gasteiger partial charge is 0.387 e. The zero-order valence-corrected chi connectivity index (χ0v) is 23.7. The Kier molecular flexibility index (Phi) is 8.23. The molecule has 0 unspecified atom stereocenters. The fourth-order valence-electron chi connectivity index (χ4n) is 4.52. The van der Waals surface area contributed by atoms with Crippen LogP contribution >= 0.6 is 11.3 Å². The minimum absolute atomic E-state index is 0.0400. The number of hydrogen-bond acceptors (Lipinski definition) is 11. The van der Waals surface area contributed by atoms with E-state index in [2.05, 4.69) is 35.5 Å². The first kappa shape index (κ1) is 27.9. The highest BCUT2D eigenvalue weighted by Gasteiger charge is 2.37. The summed E-state index contributed by atoms with van der Waals surface area (Å²) < 4.78 is 25.2. The molecule has 13 nitrogen and oxygen atoms in total. The Hall–Kier alpha value is -3.69. The maximum Gasteiger partial charge on any atom is 0.280 e. The summed E-state index contributed by atoms with van der Waals surface area (Å²) in [5.74, 6) is -0.0474. The number of H-pyrrole nitrogens is 1. The summed E-state index contributed by atoms with van der Waals surface area (Å²) in [5.41, 5.74) is 0.347. The lowest BCUT2D eigenvalue weighted by atomic mass is 10.1. The summed E-state index contributed by atoms with van der Waals surface area (Å²) in [7, 11) is -3.37. The molecule has 5 rings (SSSR count). The van der Waals surface area contributed by atoms with Crippen LogP contribution in [0.5, 0.6) is 0 Å². The molecule has 0 bridgehead atoms. The molecule has 0 radical (unpaired) electrons. The Morgan fingerprint density at radius 3 is 2.62 bits per heavy atom. The van der Waals surface area contributed by atoms with Gasteiger partial charge >= 0.3 is 0 Å². The van der Waals surface area contributed by atoms with Crippen molar-refractivity contribution in [2.45, 2.75) is 56.0 Å². The van der Waals surface area contributed by atoms with E-state index < -0.39 is 15.7 Å². The van der Waals surface area contributed by atoms with E-state index in [9.17, 15) is 18.0 Å². The van der Waals surface area contributed by atoms with Gasteiger partial charge in [-0.15, -0.1) is 11.3 Å². The number of thiazole rings is 1. The van der Waals surface area contributed by atoms with Crippen LogP contribution in [0.4, 0.5) is 5.13 Å². The molecule has 2 aliphatic rings. The number of piperazine rings is 1. The van der Waals surface area contributed by atoms with Crippen LogP contribution in [0, 0.1) is 0 Å². The lowest BCUT2D eigenvalue weighted by molar-refractivity contribution is -0.133. The van der Waals surface area contributed by atoms with Gasteiger partial charge in [0.25, 0.3) is 5.91 Å². The van der Waals surface area contributed by atoms with Gasteiger partial charge in [0, 0.05) is 55.8 Å². The summed E-state index contributed by atoms with van der Waals surface area (Å²) in [6.45, 7) is 6.42. The molecule has 1 saturated heterocycles. The van der Waals surface area contributed by atoms with E-state index >= 15 is 0 Å². The maximum absolute atomic E-state index is 13.3. The smallest absolute Gasteiger partial charge is 0.280 e. The lowest BCUT2D eigenvalue weighted by Gasteiger charge is -2.39. The van der Waals surface area contributed by atoms with Crippen LogP contribution in [0.2, 0.25) is 0 Å². The molecule has 40 heavy (non-hydrogen) atoms. The summed E-state index contributed by atoms with van der Waals surface area (Å²) in [6.07, 6.45) is 4.38. The number of carbonyl (C=O) groups excluding carboxylic acids is 2. The number of benzene rings is 1. The standard InChI is InChI=1S/C25H30N8O5S2/c1-16-12-32(9-10-33(16)17(2)34)13-19-11-26-25(39-19)29-24(35)23(31-38-14-22-27-15-28-30-22)18-3-5-20(6-4-18)40(36,37)21-7-8-21/h3-6,11,15-16,21H,7-10,12-14H2,1-2H3,(H,26,29,35)(H,27,28,30)/t16-/m0/s1. The second kappa shape index (κ2) is 11.8. The van der Waals surface area contributed by atoms with E-state index in [-0.39, 0.29) is 34.4 Å². The first-order chi connectivity index (χ1) is 19.2. The number of amides is 2. The Balaban J connectivity index is 1.27. The van der Waals surface area contributed by atoms with E-state index in [1.807, 2.05) is 11.8 Å². The highest BCUT2D eigenvalue weighted by molar-refractivity contribution is 7.92. The van der Waals surface area contributed by atoms with E-state index in [1.54, 1.807) is 25.3 Å². The van der Waals surface area contributed by atoms with Gasteiger partial charge in [-0.3, -0.25) is 24.9 Å². The van der Waals surface area contributed by atoms with Crippen LogP contribution in [0.25, 0.3) is 0 Å². The predicted molar refractivity (Wildman–Crippen MR) is 147 cm³/mol. The van der Waals surface area contributed by atoms with Crippen molar-refractivity contribution >= 4 is 43.8 Å². The normalized spacial score (nSPS) is 18.5. The zero-order chi connectivity index (χ0) is 28.3. The molecule has 2 amide bonds. The SMILES string of the molecule is CC(=O)N1CCN(Cc2cnc(NC(=O)C(=NOCc3ncn[nH]3)c3ccc(S(=O)(=O)C4CC4)cc3)s2)C[C@@H]1C. The number of carbonyl (C=O) groups is 2. The second-order valence-electron chi connectivity index (χ2n) is 9.80. The zero-order valence-electron chi connectivity index (χ0n) is 22.1. The van der Waals surface area contributed by atoms with Crippen LogP contribution in [0.3, 0.4) is 0 Å². The Morgan fingerprint density at radius 2 is 1.98 bits per heavy atom. The number of aromatic nitrogens is 4. The fraction of sp³-hybridized carbons (Fsp3) is 0.440. The van der Waals surface area contributed by atoms with Crippen LogP contribution in [-0.4, -0.2) is 86.8 Å². The summed E-state index contributed by atoms with van der Waals surface area (Å²) >= 11 is 1.35. The van der Waals surface area contributed by atoms with Gasteiger partial charge in [0.1, 0.15) is 6.33 Å². The third-order valence-corrected chi connectivity index (χ3v) is 9.90. The molecule has 2 N–H and O–H groups in total. The monoisotopic (exact) mass is 586 g/mol. The van der Waals surface area contributed by atoms with E-state index in [4.69, 9.17) is 4.84 Å². The van der Waals surface area contributed by atoms with Crippen LogP contribution in [0.15, 0.2) is 46.8 Å². The van der Waals surface area contributed by atoms with Crippen molar-refractivity contribution in [3.05, 3.63) is 53.1 Å². The number of aromatic amines is 1. The molecule has 15 heteroatoms. The number of sulfone groups is 1. The van der Waals surface area contributed by atoms with Gasteiger partial charge in [-0.1, -0.05) is 17.3 Å².